The number of hydrogen-bond donors (Lipinski definition) is 1. The topological polar surface area (TPSA) is 44.5 Å². The maximum atomic E-state index is 13.9. The SMILES string of the molecule is Cc1cc(C)n(-c2ccc(F)cc2CN2CCN(C)[C@H](CCO)C2)n1. The lowest BCUT2D eigenvalue weighted by Gasteiger charge is -2.39. The molecule has 6 heteroatoms. The number of aliphatic hydroxyl groups is 1. The summed E-state index contributed by atoms with van der Waals surface area (Å²) in [7, 11) is 2.10. The van der Waals surface area contributed by atoms with E-state index in [-0.39, 0.29) is 12.4 Å². The molecule has 1 aliphatic rings. The fraction of sp³-hybridized carbons (Fsp3) is 0.526. The molecular formula is C19H27FN4O. The number of piperazine rings is 1. The molecule has 1 N–H and O–H groups in total. The Bertz CT molecular complexity index is 730. The molecule has 1 aromatic carbocycles. The van der Waals surface area contributed by atoms with Crippen molar-refractivity contribution in [2.24, 2.45) is 0 Å². The lowest BCUT2D eigenvalue weighted by Crippen LogP contribution is -2.51. The van der Waals surface area contributed by atoms with Gasteiger partial charge in [0.1, 0.15) is 5.82 Å². The maximum Gasteiger partial charge on any atom is 0.123 e. The zero-order valence-corrected chi connectivity index (χ0v) is 15.2. The highest BCUT2D eigenvalue weighted by molar-refractivity contribution is 5.42. The molecule has 0 saturated carbocycles. The Hall–Kier alpha value is -1.76. The molecule has 3 rings (SSSR count). The van der Waals surface area contributed by atoms with Crippen molar-refractivity contribution in [2.45, 2.75) is 32.9 Å². The Morgan fingerprint density at radius 1 is 1.24 bits per heavy atom. The van der Waals surface area contributed by atoms with Crippen LogP contribution in [0.4, 0.5) is 4.39 Å². The molecule has 25 heavy (non-hydrogen) atoms. The number of likely N-dealkylation sites (N-methyl/N-ethyl adjacent to an activating group) is 1. The third-order valence-corrected chi connectivity index (χ3v) is 5.00. The molecule has 1 atom stereocenters. The van der Waals surface area contributed by atoms with Crippen LogP contribution in [-0.2, 0) is 6.54 Å². The summed E-state index contributed by atoms with van der Waals surface area (Å²) in [5.74, 6) is -0.221. The van der Waals surface area contributed by atoms with E-state index < -0.39 is 0 Å². The third-order valence-electron chi connectivity index (χ3n) is 5.00. The van der Waals surface area contributed by atoms with E-state index in [9.17, 15) is 9.50 Å². The number of benzene rings is 1. The van der Waals surface area contributed by atoms with E-state index >= 15 is 0 Å². The monoisotopic (exact) mass is 346 g/mol. The van der Waals surface area contributed by atoms with E-state index in [1.807, 2.05) is 30.7 Å². The Kier molecular flexibility index (Phi) is 5.51. The third kappa shape index (κ3) is 4.08. The molecule has 2 aromatic rings. The number of hydrogen-bond acceptors (Lipinski definition) is 4. The first kappa shape index (κ1) is 18.0. The number of aliphatic hydroxyl groups excluding tert-OH is 1. The second-order valence-electron chi connectivity index (χ2n) is 6.99. The van der Waals surface area contributed by atoms with Gasteiger partial charge < -0.3 is 10.0 Å². The van der Waals surface area contributed by atoms with Gasteiger partial charge in [-0.3, -0.25) is 4.90 Å². The van der Waals surface area contributed by atoms with Gasteiger partial charge in [0, 0.05) is 44.5 Å². The lowest BCUT2D eigenvalue weighted by atomic mass is 10.1. The molecular weight excluding hydrogens is 319 g/mol. The van der Waals surface area contributed by atoms with Crippen molar-refractivity contribution in [2.75, 3.05) is 33.3 Å². The van der Waals surface area contributed by atoms with Gasteiger partial charge in [-0.05, 0) is 57.1 Å². The minimum atomic E-state index is -0.221. The molecule has 1 aliphatic heterocycles. The summed E-state index contributed by atoms with van der Waals surface area (Å²) in [5, 5.41) is 13.8. The first-order valence-electron chi connectivity index (χ1n) is 8.83. The van der Waals surface area contributed by atoms with Crippen molar-refractivity contribution in [1.82, 2.24) is 19.6 Å². The Balaban J connectivity index is 1.85. The highest BCUT2D eigenvalue weighted by atomic mass is 19.1. The summed E-state index contributed by atoms with van der Waals surface area (Å²) < 4.78 is 15.8. The van der Waals surface area contributed by atoms with Crippen LogP contribution < -0.4 is 0 Å². The van der Waals surface area contributed by atoms with Crippen molar-refractivity contribution in [3.05, 3.63) is 47.0 Å². The fourth-order valence-corrected chi connectivity index (χ4v) is 3.62. The predicted octanol–water partition coefficient (Wildman–Crippen LogP) is 2.13. The summed E-state index contributed by atoms with van der Waals surface area (Å²) >= 11 is 0. The van der Waals surface area contributed by atoms with Gasteiger partial charge in [0.05, 0.1) is 11.4 Å². The van der Waals surface area contributed by atoms with Crippen LogP contribution in [0.1, 0.15) is 23.4 Å². The Morgan fingerprint density at radius 2 is 2.04 bits per heavy atom. The smallest absolute Gasteiger partial charge is 0.123 e. The molecule has 1 fully saturated rings. The quantitative estimate of drug-likeness (QED) is 0.901. The lowest BCUT2D eigenvalue weighted by molar-refractivity contribution is 0.0742. The highest BCUT2D eigenvalue weighted by Crippen LogP contribution is 2.22. The highest BCUT2D eigenvalue weighted by Gasteiger charge is 2.24. The average molecular weight is 346 g/mol. The van der Waals surface area contributed by atoms with Gasteiger partial charge in [0.2, 0.25) is 0 Å². The van der Waals surface area contributed by atoms with E-state index in [1.165, 1.54) is 6.07 Å². The standard InChI is InChI=1S/C19H27FN4O/c1-14-10-15(2)24(21-14)19-5-4-17(20)11-16(19)12-23-8-7-22(3)18(13-23)6-9-25/h4-5,10-11,18,25H,6-9,12-13H2,1-3H3/t18-/m1/s1. The van der Waals surface area contributed by atoms with Gasteiger partial charge in [-0.1, -0.05) is 0 Å². The Labute approximate surface area is 148 Å². The second-order valence-corrected chi connectivity index (χ2v) is 6.99. The number of rotatable bonds is 5. The summed E-state index contributed by atoms with van der Waals surface area (Å²) in [6.45, 7) is 7.62. The van der Waals surface area contributed by atoms with Crippen molar-refractivity contribution < 1.29 is 9.50 Å². The van der Waals surface area contributed by atoms with Crippen LogP contribution in [0.2, 0.25) is 0 Å². The molecule has 2 heterocycles. The number of nitrogens with zero attached hydrogens (tertiary/aromatic N) is 4. The average Bonchev–Trinajstić information content (AvgIpc) is 2.89. The van der Waals surface area contributed by atoms with Crippen LogP contribution in [0.25, 0.3) is 5.69 Å². The van der Waals surface area contributed by atoms with Gasteiger partial charge in [-0.25, -0.2) is 9.07 Å². The summed E-state index contributed by atoms with van der Waals surface area (Å²) in [6.07, 6.45) is 0.764. The minimum Gasteiger partial charge on any atom is -0.396 e. The van der Waals surface area contributed by atoms with E-state index in [0.717, 1.165) is 48.7 Å². The molecule has 0 bridgehead atoms. The molecule has 0 aliphatic carbocycles. The zero-order chi connectivity index (χ0) is 18.0. The molecule has 0 radical (unpaired) electrons. The number of aromatic nitrogens is 2. The van der Waals surface area contributed by atoms with Crippen LogP contribution in [0.15, 0.2) is 24.3 Å². The van der Waals surface area contributed by atoms with Crippen molar-refractivity contribution in [3.63, 3.8) is 0 Å². The van der Waals surface area contributed by atoms with E-state index in [2.05, 4.69) is 21.9 Å². The fourth-order valence-electron chi connectivity index (χ4n) is 3.62. The second kappa shape index (κ2) is 7.64. The maximum absolute atomic E-state index is 13.9. The summed E-state index contributed by atoms with van der Waals surface area (Å²) in [5.41, 5.74) is 3.88. The van der Waals surface area contributed by atoms with Crippen LogP contribution in [-0.4, -0.2) is 64.0 Å². The number of halogens is 1. The Morgan fingerprint density at radius 3 is 2.72 bits per heavy atom. The summed E-state index contributed by atoms with van der Waals surface area (Å²) in [4.78, 5) is 4.63. The first-order chi connectivity index (χ1) is 12.0. The van der Waals surface area contributed by atoms with Crippen LogP contribution in [0.5, 0.6) is 0 Å². The predicted molar refractivity (Wildman–Crippen MR) is 96.4 cm³/mol. The first-order valence-corrected chi connectivity index (χ1v) is 8.83. The molecule has 0 spiro atoms. The van der Waals surface area contributed by atoms with Gasteiger partial charge in [0.15, 0.2) is 0 Å². The zero-order valence-electron chi connectivity index (χ0n) is 15.2. The van der Waals surface area contributed by atoms with Gasteiger partial charge in [-0.15, -0.1) is 0 Å². The minimum absolute atomic E-state index is 0.194. The van der Waals surface area contributed by atoms with Crippen molar-refractivity contribution >= 4 is 0 Å². The van der Waals surface area contributed by atoms with Crippen molar-refractivity contribution in [1.29, 1.82) is 0 Å². The molecule has 1 saturated heterocycles. The molecule has 5 nitrogen and oxygen atoms in total. The van der Waals surface area contributed by atoms with Crippen molar-refractivity contribution in [3.8, 4) is 5.69 Å². The van der Waals surface area contributed by atoms with Crippen LogP contribution >= 0.6 is 0 Å². The molecule has 136 valence electrons. The number of aryl methyl sites for hydroxylation is 2. The van der Waals surface area contributed by atoms with Crippen LogP contribution in [0, 0.1) is 19.7 Å². The van der Waals surface area contributed by atoms with Crippen LogP contribution in [0.3, 0.4) is 0 Å². The van der Waals surface area contributed by atoms with Gasteiger partial charge >= 0.3 is 0 Å². The van der Waals surface area contributed by atoms with Gasteiger partial charge in [0.25, 0.3) is 0 Å². The van der Waals surface area contributed by atoms with E-state index in [0.29, 0.717) is 12.6 Å². The molecule has 1 aromatic heterocycles. The van der Waals surface area contributed by atoms with Gasteiger partial charge in [-0.2, -0.15) is 5.10 Å². The van der Waals surface area contributed by atoms with E-state index in [4.69, 9.17) is 0 Å². The largest absolute Gasteiger partial charge is 0.396 e. The summed E-state index contributed by atoms with van der Waals surface area (Å²) in [6, 6.07) is 7.29. The van der Waals surface area contributed by atoms with E-state index in [1.54, 1.807) is 6.07 Å². The normalized spacial score (nSPS) is 19.5. The molecule has 0 unspecified atom stereocenters. The molecule has 0 amide bonds.